The molecule has 0 aromatic heterocycles. The van der Waals surface area contributed by atoms with E-state index < -0.39 is 22.3 Å². The third-order valence-electron chi connectivity index (χ3n) is 3.02. The van der Waals surface area contributed by atoms with Crippen LogP contribution in [0.15, 0.2) is 42.5 Å². The Morgan fingerprint density at radius 1 is 1.27 bits per heavy atom. The van der Waals surface area contributed by atoms with E-state index in [1.54, 1.807) is 31.4 Å². The monoisotopic (exact) mass is 304 g/mol. The van der Waals surface area contributed by atoms with Crippen LogP contribution < -0.4 is 10.1 Å². The molecule has 0 atom stereocenters. The first-order chi connectivity index (χ1) is 10.5. The molecule has 0 saturated carbocycles. The van der Waals surface area contributed by atoms with Crippen LogP contribution in [0, 0.1) is 15.9 Å². The normalized spacial score (nSPS) is 10.1. The number of carbonyl (C=O) groups is 1. The van der Waals surface area contributed by atoms with Gasteiger partial charge in [0.15, 0.2) is 0 Å². The molecule has 0 heterocycles. The van der Waals surface area contributed by atoms with Gasteiger partial charge in [0.05, 0.1) is 12.0 Å². The van der Waals surface area contributed by atoms with Crippen LogP contribution in [0.1, 0.15) is 15.9 Å². The zero-order valence-corrected chi connectivity index (χ0v) is 11.7. The number of rotatable bonds is 5. The van der Waals surface area contributed by atoms with Gasteiger partial charge < -0.3 is 10.1 Å². The molecule has 7 heteroatoms. The fourth-order valence-corrected chi connectivity index (χ4v) is 1.82. The van der Waals surface area contributed by atoms with Crippen LogP contribution in [0.25, 0.3) is 0 Å². The Hall–Kier alpha value is -2.96. The second kappa shape index (κ2) is 6.66. The number of methoxy groups -OCH3 is 1. The molecule has 22 heavy (non-hydrogen) atoms. The fourth-order valence-electron chi connectivity index (χ4n) is 1.82. The molecule has 2 aromatic carbocycles. The van der Waals surface area contributed by atoms with E-state index >= 15 is 0 Å². The lowest BCUT2D eigenvalue weighted by Gasteiger charge is -2.06. The largest absolute Gasteiger partial charge is 0.497 e. The van der Waals surface area contributed by atoms with Crippen LogP contribution in [-0.4, -0.2) is 17.9 Å². The van der Waals surface area contributed by atoms with E-state index in [9.17, 15) is 19.3 Å². The third-order valence-corrected chi connectivity index (χ3v) is 3.02. The van der Waals surface area contributed by atoms with Gasteiger partial charge in [0.1, 0.15) is 5.75 Å². The Balaban J connectivity index is 2.05. The summed E-state index contributed by atoms with van der Waals surface area (Å²) in [5.41, 5.74) is 0.143. The maximum Gasteiger partial charge on any atom is 0.305 e. The molecule has 0 saturated heterocycles. The Bertz CT molecular complexity index is 701. The van der Waals surface area contributed by atoms with Crippen molar-refractivity contribution in [2.75, 3.05) is 7.11 Å². The number of nitrogens with zero attached hydrogens (tertiary/aromatic N) is 1. The van der Waals surface area contributed by atoms with Crippen LogP contribution in [0.2, 0.25) is 0 Å². The number of benzene rings is 2. The van der Waals surface area contributed by atoms with Gasteiger partial charge in [0.2, 0.25) is 5.82 Å². The number of nitro groups is 1. The predicted molar refractivity (Wildman–Crippen MR) is 77.2 cm³/mol. The van der Waals surface area contributed by atoms with Gasteiger partial charge in [-0.05, 0) is 29.8 Å². The topological polar surface area (TPSA) is 81.5 Å². The highest BCUT2D eigenvalue weighted by molar-refractivity contribution is 5.94. The van der Waals surface area contributed by atoms with E-state index in [0.717, 1.165) is 17.7 Å². The maximum atomic E-state index is 13.2. The summed E-state index contributed by atoms with van der Waals surface area (Å²) < 4.78 is 18.2. The van der Waals surface area contributed by atoms with Gasteiger partial charge in [-0.1, -0.05) is 12.1 Å². The molecule has 6 nitrogen and oxygen atoms in total. The average molecular weight is 304 g/mol. The fraction of sp³-hybridized carbons (Fsp3) is 0.133. The Morgan fingerprint density at radius 2 is 1.95 bits per heavy atom. The smallest absolute Gasteiger partial charge is 0.305 e. The molecule has 114 valence electrons. The number of nitro benzene ring substituents is 1. The first kappa shape index (κ1) is 15.4. The average Bonchev–Trinajstić information content (AvgIpc) is 2.53. The quantitative estimate of drug-likeness (QED) is 0.680. The van der Waals surface area contributed by atoms with Crippen molar-refractivity contribution in [3.63, 3.8) is 0 Å². The van der Waals surface area contributed by atoms with Crippen molar-refractivity contribution in [3.8, 4) is 5.75 Å². The van der Waals surface area contributed by atoms with E-state index in [2.05, 4.69) is 5.32 Å². The Morgan fingerprint density at radius 3 is 2.55 bits per heavy atom. The summed E-state index contributed by atoms with van der Waals surface area (Å²) in [6, 6.07) is 10.1. The summed E-state index contributed by atoms with van der Waals surface area (Å²) in [7, 11) is 1.55. The number of hydrogen-bond acceptors (Lipinski definition) is 4. The number of carbonyl (C=O) groups excluding carboxylic acids is 1. The van der Waals surface area contributed by atoms with E-state index in [-0.39, 0.29) is 12.1 Å². The molecule has 0 unspecified atom stereocenters. The molecular formula is C15H13FN2O4. The number of hydrogen-bond donors (Lipinski definition) is 1. The Kier molecular flexibility index (Phi) is 4.67. The van der Waals surface area contributed by atoms with Gasteiger partial charge >= 0.3 is 5.69 Å². The van der Waals surface area contributed by atoms with Crippen LogP contribution in [-0.2, 0) is 6.54 Å². The summed E-state index contributed by atoms with van der Waals surface area (Å²) in [6.45, 7) is 0.244. The minimum Gasteiger partial charge on any atom is -0.497 e. The number of ether oxygens (including phenoxy) is 1. The molecule has 2 rings (SSSR count). The highest BCUT2D eigenvalue weighted by Crippen LogP contribution is 2.18. The third kappa shape index (κ3) is 3.57. The lowest BCUT2D eigenvalue weighted by Crippen LogP contribution is -2.22. The molecule has 0 aliphatic heterocycles. The second-order valence-electron chi connectivity index (χ2n) is 4.45. The molecule has 0 radical (unpaired) electrons. The zero-order chi connectivity index (χ0) is 16.1. The van der Waals surface area contributed by atoms with E-state index in [1.807, 2.05) is 0 Å². The molecule has 1 N–H and O–H groups in total. The van der Waals surface area contributed by atoms with Crippen LogP contribution in [0.3, 0.4) is 0 Å². The number of halogens is 1. The van der Waals surface area contributed by atoms with Gasteiger partial charge in [0, 0.05) is 18.2 Å². The van der Waals surface area contributed by atoms with Crippen molar-refractivity contribution in [2.45, 2.75) is 6.54 Å². The lowest BCUT2D eigenvalue weighted by molar-refractivity contribution is -0.387. The molecular weight excluding hydrogens is 291 g/mol. The van der Waals surface area contributed by atoms with E-state index in [1.165, 1.54) is 6.07 Å². The van der Waals surface area contributed by atoms with Crippen molar-refractivity contribution in [1.29, 1.82) is 0 Å². The number of amides is 1. The van der Waals surface area contributed by atoms with Gasteiger partial charge in [-0.2, -0.15) is 4.39 Å². The van der Waals surface area contributed by atoms with Crippen molar-refractivity contribution in [1.82, 2.24) is 5.32 Å². The second-order valence-corrected chi connectivity index (χ2v) is 4.45. The van der Waals surface area contributed by atoms with E-state index in [0.29, 0.717) is 5.75 Å². The molecule has 0 fully saturated rings. The maximum absolute atomic E-state index is 13.2. The first-order valence-electron chi connectivity index (χ1n) is 6.36. The number of nitrogens with one attached hydrogen (secondary N) is 1. The molecule has 0 aliphatic rings. The summed E-state index contributed by atoms with van der Waals surface area (Å²) in [4.78, 5) is 21.7. The summed E-state index contributed by atoms with van der Waals surface area (Å²) in [5, 5.41) is 13.3. The molecule has 0 spiro atoms. The highest BCUT2D eigenvalue weighted by Gasteiger charge is 2.17. The lowest BCUT2D eigenvalue weighted by atomic mass is 10.1. The SMILES string of the molecule is COc1ccc(CNC(=O)c2ccc(F)c([N+](=O)[O-])c2)cc1. The molecule has 0 bridgehead atoms. The van der Waals surface area contributed by atoms with Crippen molar-refractivity contribution >= 4 is 11.6 Å². The molecule has 0 aliphatic carbocycles. The van der Waals surface area contributed by atoms with Crippen molar-refractivity contribution < 1.29 is 18.8 Å². The minimum absolute atomic E-state index is 0.0293. The van der Waals surface area contributed by atoms with Crippen LogP contribution >= 0.6 is 0 Å². The summed E-state index contributed by atoms with van der Waals surface area (Å²) >= 11 is 0. The Labute approximate surface area is 125 Å². The standard InChI is InChI=1S/C15H13FN2O4/c1-22-12-5-2-10(3-6-12)9-17-15(19)11-4-7-13(16)14(8-11)18(20)21/h2-8H,9H2,1H3,(H,17,19). The summed E-state index contributed by atoms with van der Waals surface area (Å²) in [6.07, 6.45) is 0. The zero-order valence-electron chi connectivity index (χ0n) is 11.7. The van der Waals surface area contributed by atoms with Crippen LogP contribution in [0.5, 0.6) is 5.75 Å². The van der Waals surface area contributed by atoms with Gasteiger partial charge in [-0.15, -0.1) is 0 Å². The van der Waals surface area contributed by atoms with Gasteiger partial charge in [-0.3, -0.25) is 14.9 Å². The van der Waals surface area contributed by atoms with Crippen LogP contribution in [0.4, 0.5) is 10.1 Å². The first-order valence-corrected chi connectivity index (χ1v) is 6.36. The van der Waals surface area contributed by atoms with Gasteiger partial charge in [-0.25, -0.2) is 0 Å². The molecule has 1 amide bonds. The minimum atomic E-state index is -0.975. The molecule has 2 aromatic rings. The highest BCUT2D eigenvalue weighted by atomic mass is 19.1. The van der Waals surface area contributed by atoms with E-state index in [4.69, 9.17) is 4.74 Å². The summed E-state index contributed by atoms with van der Waals surface area (Å²) in [5.74, 6) is -0.792. The van der Waals surface area contributed by atoms with Gasteiger partial charge in [0.25, 0.3) is 5.91 Å². The van der Waals surface area contributed by atoms with Crippen molar-refractivity contribution in [3.05, 3.63) is 69.5 Å². The van der Waals surface area contributed by atoms with Crippen molar-refractivity contribution in [2.24, 2.45) is 0 Å². The predicted octanol–water partition coefficient (Wildman–Crippen LogP) is 2.67.